The van der Waals surface area contributed by atoms with E-state index in [1.807, 2.05) is 6.07 Å². The van der Waals surface area contributed by atoms with Crippen molar-refractivity contribution in [1.29, 1.82) is 0 Å². The first kappa shape index (κ1) is 21.4. The number of carbonyl (C=O) groups excluding carboxylic acids is 1. The second-order valence-corrected chi connectivity index (χ2v) is 7.43. The van der Waals surface area contributed by atoms with E-state index in [0.29, 0.717) is 17.8 Å². The van der Waals surface area contributed by atoms with Gasteiger partial charge in [0, 0.05) is 63.4 Å². The summed E-state index contributed by atoms with van der Waals surface area (Å²) in [6.07, 6.45) is 7.47. The number of amides is 1. The van der Waals surface area contributed by atoms with E-state index >= 15 is 0 Å². The highest BCUT2D eigenvalue weighted by molar-refractivity contribution is 5.93. The highest BCUT2D eigenvalue weighted by Crippen LogP contribution is 2.15. The molecule has 0 spiro atoms. The fraction of sp³-hybridized carbons (Fsp3) is 0.333. The van der Waals surface area contributed by atoms with Crippen molar-refractivity contribution in [3.8, 4) is 5.69 Å². The third-order valence-electron chi connectivity index (χ3n) is 5.31. The molecular weight excluding hydrogens is 412 g/mol. The minimum absolute atomic E-state index is 0.00804. The Morgan fingerprint density at radius 1 is 1.09 bits per heavy atom. The molecule has 32 heavy (non-hydrogen) atoms. The summed E-state index contributed by atoms with van der Waals surface area (Å²) in [5.41, 5.74) is 1.10. The van der Waals surface area contributed by atoms with E-state index in [1.165, 1.54) is 23.0 Å². The molecule has 0 bridgehead atoms. The number of hydrogen-bond donors (Lipinski definition) is 1. The largest absolute Gasteiger partial charge is 0.352 e. The van der Waals surface area contributed by atoms with Gasteiger partial charge in [0.05, 0.1) is 22.4 Å². The lowest BCUT2D eigenvalue weighted by molar-refractivity contribution is -0.384. The van der Waals surface area contributed by atoms with Gasteiger partial charge in [-0.15, -0.1) is 0 Å². The van der Waals surface area contributed by atoms with Gasteiger partial charge in [0.25, 0.3) is 11.6 Å². The van der Waals surface area contributed by atoms with Crippen molar-refractivity contribution in [2.75, 3.05) is 44.2 Å². The number of nitrogens with zero attached hydrogens (tertiary/aromatic N) is 7. The Morgan fingerprint density at radius 2 is 1.81 bits per heavy atom. The number of benzene rings is 1. The van der Waals surface area contributed by atoms with E-state index in [1.54, 1.807) is 30.7 Å². The molecule has 1 aliphatic heterocycles. The maximum atomic E-state index is 12.4. The number of aromatic nitrogens is 4. The molecule has 1 amide bonds. The number of nitrogens with one attached hydrogen (secondary N) is 1. The first-order chi connectivity index (χ1) is 15.6. The zero-order valence-corrected chi connectivity index (χ0v) is 17.5. The van der Waals surface area contributed by atoms with Crippen LogP contribution >= 0.6 is 0 Å². The Kier molecular flexibility index (Phi) is 6.66. The van der Waals surface area contributed by atoms with Gasteiger partial charge >= 0.3 is 0 Å². The Labute approximate surface area is 184 Å². The van der Waals surface area contributed by atoms with Crippen molar-refractivity contribution in [1.82, 2.24) is 30.0 Å². The highest BCUT2D eigenvalue weighted by Gasteiger charge is 2.18. The molecule has 166 valence electrons. The minimum Gasteiger partial charge on any atom is -0.352 e. The zero-order chi connectivity index (χ0) is 22.3. The maximum absolute atomic E-state index is 12.4. The summed E-state index contributed by atoms with van der Waals surface area (Å²) in [5.74, 6) is 0.581. The lowest BCUT2D eigenvalue weighted by atomic mass is 10.2. The lowest BCUT2D eigenvalue weighted by Gasteiger charge is -2.34. The fourth-order valence-electron chi connectivity index (χ4n) is 3.54. The standard InChI is InChI=1S/C21H24N8O3/c30-20(17-15-25-28(16-17)18-3-5-19(6-4-18)29(31)32)22-9-2-10-26-11-13-27(14-12-26)21-23-7-1-8-24-21/h1,3-8,15-16H,2,9-14H2,(H,22,30). The van der Waals surface area contributed by atoms with Crippen LogP contribution < -0.4 is 10.2 Å². The van der Waals surface area contributed by atoms with Gasteiger partial charge in [-0.2, -0.15) is 5.10 Å². The second-order valence-electron chi connectivity index (χ2n) is 7.43. The van der Waals surface area contributed by atoms with E-state index in [9.17, 15) is 14.9 Å². The molecule has 0 atom stereocenters. The van der Waals surface area contributed by atoms with Gasteiger partial charge in [-0.1, -0.05) is 0 Å². The van der Waals surface area contributed by atoms with Crippen LogP contribution in [0.3, 0.4) is 0 Å². The van der Waals surface area contributed by atoms with Crippen molar-refractivity contribution in [2.45, 2.75) is 6.42 Å². The van der Waals surface area contributed by atoms with Crippen LogP contribution in [0.4, 0.5) is 11.6 Å². The van der Waals surface area contributed by atoms with Crippen LogP contribution in [0.2, 0.25) is 0 Å². The van der Waals surface area contributed by atoms with Crippen LogP contribution in [-0.4, -0.2) is 74.7 Å². The molecule has 2 aromatic heterocycles. The number of non-ortho nitro benzene ring substituents is 1. The SMILES string of the molecule is O=C(NCCCN1CCN(c2ncccn2)CC1)c1cnn(-c2ccc([N+](=O)[O-])cc2)c1. The average molecular weight is 436 g/mol. The molecule has 4 rings (SSSR count). The minimum atomic E-state index is -0.455. The van der Waals surface area contributed by atoms with Gasteiger partial charge < -0.3 is 10.2 Å². The first-order valence-electron chi connectivity index (χ1n) is 10.4. The molecule has 1 aliphatic rings. The molecule has 0 radical (unpaired) electrons. The van der Waals surface area contributed by atoms with Gasteiger partial charge in [0.2, 0.25) is 5.95 Å². The molecule has 0 aliphatic carbocycles. The number of nitro groups is 1. The predicted molar refractivity (Wildman–Crippen MR) is 118 cm³/mol. The normalized spacial score (nSPS) is 14.3. The summed E-state index contributed by atoms with van der Waals surface area (Å²) in [4.78, 5) is 35.9. The Hall–Kier alpha value is -3.86. The van der Waals surface area contributed by atoms with Crippen molar-refractivity contribution in [3.05, 3.63) is 70.8 Å². The zero-order valence-electron chi connectivity index (χ0n) is 17.5. The second kappa shape index (κ2) is 9.96. The molecule has 1 N–H and O–H groups in total. The van der Waals surface area contributed by atoms with Crippen molar-refractivity contribution >= 4 is 17.5 Å². The third-order valence-corrected chi connectivity index (χ3v) is 5.31. The number of piperazine rings is 1. The molecule has 1 aromatic carbocycles. The number of hydrogen-bond acceptors (Lipinski definition) is 8. The monoisotopic (exact) mass is 436 g/mol. The Bertz CT molecular complexity index is 1050. The van der Waals surface area contributed by atoms with Crippen LogP contribution in [-0.2, 0) is 0 Å². The molecule has 11 nitrogen and oxygen atoms in total. The number of anilines is 1. The fourth-order valence-corrected chi connectivity index (χ4v) is 3.54. The predicted octanol–water partition coefficient (Wildman–Crippen LogP) is 1.51. The van der Waals surface area contributed by atoms with E-state index in [-0.39, 0.29) is 11.6 Å². The van der Waals surface area contributed by atoms with E-state index in [4.69, 9.17) is 0 Å². The topological polar surface area (TPSA) is 122 Å². The molecule has 0 unspecified atom stereocenters. The summed E-state index contributed by atoms with van der Waals surface area (Å²) in [7, 11) is 0. The average Bonchev–Trinajstić information content (AvgIpc) is 3.33. The number of nitro benzene ring substituents is 1. The Balaban J connectivity index is 1.19. The molecule has 11 heteroatoms. The van der Waals surface area contributed by atoms with E-state index < -0.39 is 4.92 Å². The molecule has 1 fully saturated rings. The van der Waals surface area contributed by atoms with Gasteiger partial charge in [-0.25, -0.2) is 14.6 Å². The lowest BCUT2D eigenvalue weighted by Crippen LogP contribution is -2.47. The summed E-state index contributed by atoms with van der Waals surface area (Å²) in [5, 5.41) is 17.9. The quantitative estimate of drug-likeness (QED) is 0.320. The van der Waals surface area contributed by atoms with Crippen molar-refractivity contribution in [2.24, 2.45) is 0 Å². The summed E-state index contributed by atoms with van der Waals surface area (Å²) in [6.45, 7) is 5.13. The van der Waals surface area contributed by atoms with E-state index in [0.717, 1.165) is 45.1 Å². The third kappa shape index (κ3) is 5.24. The van der Waals surface area contributed by atoms with E-state index in [2.05, 4.69) is 30.2 Å². The molecule has 3 aromatic rings. The number of rotatable bonds is 8. The van der Waals surface area contributed by atoms with Gasteiger partial charge in [0.15, 0.2) is 0 Å². The summed E-state index contributed by atoms with van der Waals surface area (Å²) >= 11 is 0. The van der Waals surface area contributed by atoms with Gasteiger partial charge in [-0.3, -0.25) is 19.8 Å². The van der Waals surface area contributed by atoms with Gasteiger partial charge in [-0.05, 0) is 31.2 Å². The molecule has 0 saturated carbocycles. The summed E-state index contributed by atoms with van der Waals surface area (Å²) in [6, 6.07) is 7.81. The summed E-state index contributed by atoms with van der Waals surface area (Å²) < 4.78 is 1.52. The van der Waals surface area contributed by atoms with Crippen molar-refractivity contribution < 1.29 is 9.72 Å². The van der Waals surface area contributed by atoms with Gasteiger partial charge in [0.1, 0.15) is 0 Å². The first-order valence-corrected chi connectivity index (χ1v) is 10.4. The van der Waals surface area contributed by atoms with Crippen LogP contribution in [0.25, 0.3) is 5.69 Å². The molecule has 1 saturated heterocycles. The maximum Gasteiger partial charge on any atom is 0.269 e. The Morgan fingerprint density at radius 3 is 2.50 bits per heavy atom. The molecule has 3 heterocycles. The number of carbonyl (C=O) groups is 1. The van der Waals surface area contributed by atoms with Crippen LogP contribution in [0.1, 0.15) is 16.8 Å². The van der Waals surface area contributed by atoms with Crippen LogP contribution in [0.15, 0.2) is 55.1 Å². The highest BCUT2D eigenvalue weighted by atomic mass is 16.6. The van der Waals surface area contributed by atoms with Crippen molar-refractivity contribution in [3.63, 3.8) is 0 Å². The smallest absolute Gasteiger partial charge is 0.269 e. The molecular formula is C21H24N8O3. The van der Waals surface area contributed by atoms with Crippen LogP contribution in [0.5, 0.6) is 0 Å². The van der Waals surface area contributed by atoms with Crippen LogP contribution in [0, 0.1) is 10.1 Å².